The lowest BCUT2D eigenvalue weighted by Crippen LogP contribution is -2.46. The summed E-state index contributed by atoms with van der Waals surface area (Å²) in [6.07, 6.45) is 4.89. The number of ether oxygens (including phenoxy) is 1. The van der Waals surface area contributed by atoms with E-state index in [4.69, 9.17) is 16.3 Å². The zero-order valence-corrected chi connectivity index (χ0v) is 18.5. The Kier molecular flexibility index (Phi) is 7.13. The normalized spacial score (nSPS) is 17.5. The second kappa shape index (κ2) is 10.2. The van der Waals surface area contributed by atoms with Crippen LogP contribution in [0.4, 0.5) is 0 Å². The van der Waals surface area contributed by atoms with Crippen molar-refractivity contribution in [1.82, 2.24) is 9.80 Å². The summed E-state index contributed by atoms with van der Waals surface area (Å²) in [6.45, 7) is 2.93. The van der Waals surface area contributed by atoms with E-state index in [2.05, 4.69) is 0 Å². The minimum Gasteiger partial charge on any atom is -0.482 e. The quantitative estimate of drug-likeness (QED) is 0.680. The minimum atomic E-state index is -0.0629. The third kappa shape index (κ3) is 5.40. The molecule has 2 aromatic carbocycles. The number of rotatable bonds is 5. The van der Waals surface area contributed by atoms with Crippen LogP contribution in [0.5, 0.6) is 5.75 Å². The van der Waals surface area contributed by atoms with Crippen molar-refractivity contribution in [2.75, 3.05) is 32.8 Å². The number of halogens is 1. The molecular weight excluding hydrogens is 412 g/mol. The molecule has 6 heteroatoms. The summed E-state index contributed by atoms with van der Waals surface area (Å²) >= 11 is 6.38. The average molecular weight is 441 g/mol. The van der Waals surface area contributed by atoms with Gasteiger partial charge in [0.25, 0.3) is 5.91 Å². The number of hydrogen-bond donors (Lipinski definition) is 0. The van der Waals surface area contributed by atoms with Gasteiger partial charge in [0.15, 0.2) is 6.61 Å². The van der Waals surface area contributed by atoms with Gasteiger partial charge in [0.1, 0.15) is 5.75 Å². The molecule has 0 aliphatic carbocycles. The third-order valence-corrected chi connectivity index (χ3v) is 6.55. The number of nitrogens with zero attached hydrogens (tertiary/aromatic N) is 2. The minimum absolute atomic E-state index is 0.0445. The molecule has 4 rings (SSSR count). The van der Waals surface area contributed by atoms with Crippen molar-refractivity contribution in [3.63, 3.8) is 0 Å². The molecule has 2 aromatic rings. The monoisotopic (exact) mass is 440 g/mol. The largest absolute Gasteiger partial charge is 0.482 e. The number of benzene rings is 2. The first-order chi connectivity index (χ1) is 15.1. The molecule has 31 heavy (non-hydrogen) atoms. The highest BCUT2D eigenvalue weighted by molar-refractivity contribution is 6.32. The highest BCUT2D eigenvalue weighted by Crippen LogP contribution is 2.30. The van der Waals surface area contributed by atoms with Gasteiger partial charge in [-0.05, 0) is 55.4 Å². The second-order valence-electron chi connectivity index (χ2n) is 8.34. The summed E-state index contributed by atoms with van der Waals surface area (Å²) in [7, 11) is 0. The van der Waals surface area contributed by atoms with Gasteiger partial charge in [0.2, 0.25) is 5.91 Å². The fourth-order valence-electron chi connectivity index (χ4n) is 4.41. The van der Waals surface area contributed by atoms with Crippen LogP contribution in [0, 0.1) is 5.92 Å². The van der Waals surface area contributed by atoms with E-state index in [1.54, 1.807) is 4.90 Å². The molecule has 0 radical (unpaired) electrons. The van der Waals surface area contributed by atoms with E-state index in [0.29, 0.717) is 23.9 Å². The van der Waals surface area contributed by atoms with Crippen molar-refractivity contribution in [2.45, 2.75) is 32.1 Å². The Labute approximate surface area is 188 Å². The van der Waals surface area contributed by atoms with Gasteiger partial charge in [-0.25, -0.2) is 0 Å². The highest BCUT2D eigenvalue weighted by Gasteiger charge is 2.30. The Hall–Kier alpha value is -2.53. The third-order valence-electron chi connectivity index (χ3n) is 6.25. The predicted octanol–water partition coefficient (Wildman–Crippen LogP) is 4.64. The number of piperidine rings is 2. The highest BCUT2D eigenvalue weighted by atomic mass is 35.5. The smallest absolute Gasteiger partial charge is 0.260 e. The molecule has 0 spiro atoms. The van der Waals surface area contributed by atoms with Crippen molar-refractivity contribution in [3.8, 4) is 16.9 Å². The zero-order valence-electron chi connectivity index (χ0n) is 17.8. The van der Waals surface area contributed by atoms with Crippen LogP contribution in [0.1, 0.15) is 32.1 Å². The fourth-order valence-corrected chi connectivity index (χ4v) is 4.64. The Morgan fingerprint density at radius 1 is 0.871 bits per heavy atom. The Bertz CT molecular complexity index is 904. The van der Waals surface area contributed by atoms with Gasteiger partial charge in [-0.3, -0.25) is 9.59 Å². The first-order valence-corrected chi connectivity index (χ1v) is 11.5. The number of carbonyl (C=O) groups is 2. The molecule has 2 heterocycles. The van der Waals surface area contributed by atoms with Crippen molar-refractivity contribution in [1.29, 1.82) is 0 Å². The van der Waals surface area contributed by atoms with Gasteiger partial charge in [-0.2, -0.15) is 0 Å². The van der Waals surface area contributed by atoms with E-state index in [9.17, 15) is 9.59 Å². The van der Waals surface area contributed by atoms with Crippen LogP contribution in [0.2, 0.25) is 5.02 Å². The summed E-state index contributed by atoms with van der Waals surface area (Å²) in [5, 5.41) is 0.486. The second-order valence-corrected chi connectivity index (χ2v) is 8.75. The number of amides is 2. The molecule has 0 aromatic heterocycles. The van der Waals surface area contributed by atoms with Gasteiger partial charge in [-0.1, -0.05) is 48.0 Å². The molecule has 164 valence electrons. The van der Waals surface area contributed by atoms with E-state index in [-0.39, 0.29) is 24.3 Å². The molecule has 2 aliphatic rings. The Balaban J connectivity index is 1.26. The standard InChI is InChI=1S/C25H29ClN2O3/c26-22-17-21(19-7-3-1-4-8-19)9-10-23(22)31-18-24(29)27-15-11-20(12-16-27)25(30)28-13-5-2-6-14-28/h1,3-4,7-10,17,20H,2,5-6,11-16,18H2. The lowest BCUT2D eigenvalue weighted by molar-refractivity contribution is -0.142. The zero-order chi connectivity index (χ0) is 21.6. The first-order valence-electron chi connectivity index (χ1n) is 11.2. The van der Waals surface area contributed by atoms with E-state index in [1.165, 1.54) is 6.42 Å². The van der Waals surface area contributed by atoms with Gasteiger partial charge < -0.3 is 14.5 Å². The SMILES string of the molecule is O=C(COc1ccc(-c2ccccc2)cc1Cl)N1CCC(C(=O)N2CCCCC2)CC1. The van der Waals surface area contributed by atoms with Crippen molar-refractivity contribution in [3.05, 3.63) is 53.6 Å². The Morgan fingerprint density at radius 3 is 2.26 bits per heavy atom. The molecule has 0 N–H and O–H groups in total. The van der Waals surface area contributed by atoms with Crippen LogP contribution < -0.4 is 4.74 Å². The van der Waals surface area contributed by atoms with E-state index < -0.39 is 0 Å². The van der Waals surface area contributed by atoms with Crippen LogP contribution in [-0.4, -0.2) is 54.4 Å². The predicted molar refractivity (Wildman–Crippen MR) is 122 cm³/mol. The molecule has 0 saturated carbocycles. The summed E-state index contributed by atoms with van der Waals surface area (Å²) in [5.74, 6) is 0.758. The molecule has 2 saturated heterocycles. The fraction of sp³-hybridized carbons (Fsp3) is 0.440. The van der Waals surface area contributed by atoms with Crippen LogP contribution >= 0.6 is 11.6 Å². The maximum absolute atomic E-state index is 12.7. The van der Waals surface area contributed by atoms with Crippen molar-refractivity contribution < 1.29 is 14.3 Å². The number of carbonyl (C=O) groups excluding carboxylic acids is 2. The molecule has 0 atom stereocenters. The topological polar surface area (TPSA) is 49.9 Å². The number of likely N-dealkylation sites (tertiary alicyclic amines) is 2. The summed E-state index contributed by atoms with van der Waals surface area (Å²) in [4.78, 5) is 29.1. The van der Waals surface area contributed by atoms with Crippen LogP contribution in [-0.2, 0) is 9.59 Å². The molecule has 2 fully saturated rings. The lowest BCUT2D eigenvalue weighted by atomic mass is 9.94. The van der Waals surface area contributed by atoms with E-state index in [1.807, 2.05) is 53.4 Å². The lowest BCUT2D eigenvalue weighted by Gasteiger charge is -2.35. The first kappa shape index (κ1) is 21.7. The number of hydrogen-bond acceptors (Lipinski definition) is 3. The van der Waals surface area contributed by atoms with Gasteiger partial charge in [0.05, 0.1) is 5.02 Å². The molecule has 2 amide bonds. The Morgan fingerprint density at radius 2 is 1.58 bits per heavy atom. The van der Waals surface area contributed by atoms with E-state index >= 15 is 0 Å². The molecule has 2 aliphatic heterocycles. The van der Waals surface area contributed by atoms with Crippen LogP contribution in [0.3, 0.4) is 0 Å². The maximum atomic E-state index is 12.7. The molecule has 0 unspecified atom stereocenters. The molecule has 5 nitrogen and oxygen atoms in total. The van der Waals surface area contributed by atoms with Crippen molar-refractivity contribution >= 4 is 23.4 Å². The van der Waals surface area contributed by atoms with Crippen LogP contribution in [0.25, 0.3) is 11.1 Å². The van der Waals surface area contributed by atoms with Gasteiger partial charge in [0, 0.05) is 32.1 Å². The van der Waals surface area contributed by atoms with Crippen LogP contribution in [0.15, 0.2) is 48.5 Å². The van der Waals surface area contributed by atoms with E-state index in [0.717, 1.165) is 49.9 Å². The van der Waals surface area contributed by atoms with Crippen molar-refractivity contribution in [2.24, 2.45) is 5.92 Å². The summed E-state index contributed by atoms with van der Waals surface area (Å²) in [6, 6.07) is 15.6. The van der Waals surface area contributed by atoms with Gasteiger partial charge in [-0.15, -0.1) is 0 Å². The average Bonchev–Trinajstić information content (AvgIpc) is 2.84. The van der Waals surface area contributed by atoms with Gasteiger partial charge >= 0.3 is 0 Å². The molecule has 0 bridgehead atoms. The summed E-state index contributed by atoms with van der Waals surface area (Å²) < 4.78 is 5.71. The molecular formula is C25H29ClN2O3. The summed E-state index contributed by atoms with van der Waals surface area (Å²) in [5.41, 5.74) is 2.08. The maximum Gasteiger partial charge on any atom is 0.260 e.